The molecule has 0 unspecified atom stereocenters. The van der Waals surface area contributed by atoms with Gasteiger partial charge in [0.15, 0.2) is 11.5 Å². The molecule has 5 heteroatoms. The van der Waals surface area contributed by atoms with Gasteiger partial charge in [0.25, 0.3) is 0 Å². The molecule has 1 aromatic rings. The zero-order chi connectivity index (χ0) is 18.1. The Morgan fingerprint density at radius 2 is 2.00 bits per heavy atom. The summed E-state index contributed by atoms with van der Waals surface area (Å²) in [4.78, 5) is 14.2. The molecule has 0 N–H and O–H groups in total. The van der Waals surface area contributed by atoms with Gasteiger partial charge in [0.05, 0.1) is 20.8 Å². The largest absolute Gasteiger partial charge is 0.493 e. The maximum Gasteiger partial charge on any atom is 0.246 e. The van der Waals surface area contributed by atoms with Crippen LogP contribution in [0.25, 0.3) is 6.08 Å². The van der Waals surface area contributed by atoms with Crippen molar-refractivity contribution in [3.8, 4) is 23.8 Å². The number of rotatable bonds is 7. The van der Waals surface area contributed by atoms with Crippen LogP contribution >= 0.6 is 0 Å². The second kappa shape index (κ2) is 9.75. The number of likely N-dealkylation sites (tertiary alicyclic amines) is 1. The van der Waals surface area contributed by atoms with E-state index in [1.165, 1.54) is 0 Å². The highest BCUT2D eigenvalue weighted by Crippen LogP contribution is 2.28. The average Bonchev–Trinajstić information content (AvgIpc) is 2.66. The van der Waals surface area contributed by atoms with Crippen molar-refractivity contribution in [1.82, 2.24) is 4.90 Å². The van der Waals surface area contributed by atoms with Crippen molar-refractivity contribution in [2.75, 3.05) is 40.5 Å². The molecule has 0 aromatic heterocycles. The molecule has 0 saturated carbocycles. The van der Waals surface area contributed by atoms with Crippen molar-refractivity contribution >= 4 is 12.0 Å². The van der Waals surface area contributed by atoms with Gasteiger partial charge in [-0.1, -0.05) is 12.0 Å². The third-order valence-electron chi connectivity index (χ3n) is 4.29. The lowest BCUT2D eigenvalue weighted by Gasteiger charge is -2.31. The number of ether oxygens (including phenoxy) is 3. The summed E-state index contributed by atoms with van der Waals surface area (Å²) in [7, 11) is 3.19. The standard InChI is InChI=1S/C20H25NO4/c1-4-13-25-15-17-9-11-21(12-10-17)20(22)8-6-16-5-7-18(23-2)19(14-16)24-3/h1,5-8,14,17H,9-13,15H2,2-3H3/b8-6+. The van der Waals surface area contributed by atoms with E-state index in [-0.39, 0.29) is 5.91 Å². The minimum absolute atomic E-state index is 0.0257. The number of terminal acetylenes is 1. The van der Waals surface area contributed by atoms with Gasteiger partial charge in [0, 0.05) is 19.2 Å². The fraction of sp³-hybridized carbons (Fsp3) is 0.450. The minimum atomic E-state index is 0.0257. The molecular weight excluding hydrogens is 318 g/mol. The van der Waals surface area contributed by atoms with Crippen LogP contribution in [0.4, 0.5) is 0 Å². The van der Waals surface area contributed by atoms with E-state index in [0.717, 1.165) is 31.5 Å². The number of amides is 1. The van der Waals surface area contributed by atoms with E-state index >= 15 is 0 Å². The lowest BCUT2D eigenvalue weighted by molar-refractivity contribution is -0.127. The second-order valence-electron chi connectivity index (χ2n) is 5.94. The normalized spacial score (nSPS) is 15.2. The monoisotopic (exact) mass is 343 g/mol. The predicted octanol–water partition coefficient (Wildman–Crippen LogP) is 2.61. The number of hydrogen-bond acceptors (Lipinski definition) is 4. The Bertz CT molecular complexity index is 640. The van der Waals surface area contributed by atoms with Crippen LogP contribution in [0.3, 0.4) is 0 Å². The van der Waals surface area contributed by atoms with Crippen molar-refractivity contribution in [2.45, 2.75) is 12.8 Å². The number of carbonyl (C=O) groups is 1. The summed E-state index contributed by atoms with van der Waals surface area (Å²) in [5.41, 5.74) is 0.892. The fourth-order valence-electron chi connectivity index (χ4n) is 2.83. The summed E-state index contributed by atoms with van der Waals surface area (Å²) in [5.74, 6) is 4.28. The smallest absolute Gasteiger partial charge is 0.246 e. The highest BCUT2D eigenvalue weighted by molar-refractivity contribution is 5.91. The van der Waals surface area contributed by atoms with Gasteiger partial charge in [0.1, 0.15) is 6.61 Å². The summed E-state index contributed by atoms with van der Waals surface area (Å²) in [6.07, 6.45) is 10.5. The molecule has 1 heterocycles. The molecule has 0 radical (unpaired) electrons. The molecular formula is C20H25NO4. The fourth-order valence-corrected chi connectivity index (χ4v) is 2.83. The first kappa shape index (κ1) is 18.9. The van der Waals surface area contributed by atoms with Crippen LogP contribution in [0.1, 0.15) is 18.4 Å². The summed E-state index contributed by atoms with van der Waals surface area (Å²) >= 11 is 0. The first-order valence-corrected chi connectivity index (χ1v) is 8.38. The van der Waals surface area contributed by atoms with Crippen molar-refractivity contribution in [3.05, 3.63) is 29.8 Å². The molecule has 0 aliphatic carbocycles. The minimum Gasteiger partial charge on any atom is -0.493 e. The summed E-state index contributed by atoms with van der Waals surface area (Å²) in [5, 5.41) is 0. The van der Waals surface area contributed by atoms with Gasteiger partial charge in [-0.2, -0.15) is 0 Å². The molecule has 1 amide bonds. The van der Waals surface area contributed by atoms with E-state index in [9.17, 15) is 4.79 Å². The maximum absolute atomic E-state index is 12.3. The number of nitrogens with zero attached hydrogens (tertiary/aromatic N) is 1. The molecule has 1 aliphatic heterocycles. The Balaban J connectivity index is 1.86. The topological polar surface area (TPSA) is 48.0 Å². The predicted molar refractivity (Wildman–Crippen MR) is 97.5 cm³/mol. The van der Waals surface area contributed by atoms with Crippen molar-refractivity contribution in [1.29, 1.82) is 0 Å². The molecule has 5 nitrogen and oxygen atoms in total. The van der Waals surface area contributed by atoms with E-state index in [1.807, 2.05) is 23.1 Å². The number of methoxy groups -OCH3 is 2. The zero-order valence-corrected chi connectivity index (χ0v) is 14.9. The van der Waals surface area contributed by atoms with Crippen LogP contribution < -0.4 is 9.47 Å². The lowest BCUT2D eigenvalue weighted by atomic mass is 9.98. The molecule has 0 bridgehead atoms. The van der Waals surface area contributed by atoms with E-state index < -0.39 is 0 Å². The van der Waals surface area contributed by atoms with Gasteiger partial charge in [0.2, 0.25) is 5.91 Å². The maximum atomic E-state index is 12.3. The Morgan fingerprint density at radius 1 is 1.28 bits per heavy atom. The van der Waals surface area contributed by atoms with Crippen LogP contribution in [0.2, 0.25) is 0 Å². The quantitative estimate of drug-likeness (QED) is 0.434. The molecule has 2 rings (SSSR count). The Morgan fingerprint density at radius 3 is 2.64 bits per heavy atom. The number of benzene rings is 1. The van der Waals surface area contributed by atoms with Crippen molar-refractivity contribution in [2.24, 2.45) is 5.92 Å². The van der Waals surface area contributed by atoms with Crippen LogP contribution in [0, 0.1) is 18.3 Å². The highest BCUT2D eigenvalue weighted by Gasteiger charge is 2.21. The Labute approximate surface area is 149 Å². The van der Waals surface area contributed by atoms with Gasteiger partial charge in [-0.15, -0.1) is 6.42 Å². The molecule has 0 spiro atoms. The van der Waals surface area contributed by atoms with Gasteiger partial charge in [-0.25, -0.2) is 0 Å². The zero-order valence-electron chi connectivity index (χ0n) is 14.9. The first-order chi connectivity index (χ1) is 12.2. The van der Waals surface area contributed by atoms with E-state index in [0.29, 0.717) is 30.6 Å². The molecule has 1 aliphatic rings. The third-order valence-corrected chi connectivity index (χ3v) is 4.29. The van der Waals surface area contributed by atoms with Crippen LogP contribution in [-0.4, -0.2) is 51.3 Å². The van der Waals surface area contributed by atoms with Crippen molar-refractivity contribution < 1.29 is 19.0 Å². The first-order valence-electron chi connectivity index (χ1n) is 8.38. The van der Waals surface area contributed by atoms with E-state index in [1.54, 1.807) is 26.4 Å². The summed E-state index contributed by atoms with van der Waals surface area (Å²) in [6.45, 7) is 2.53. The average molecular weight is 343 g/mol. The van der Waals surface area contributed by atoms with Crippen molar-refractivity contribution in [3.63, 3.8) is 0 Å². The molecule has 1 fully saturated rings. The Hall–Kier alpha value is -2.45. The van der Waals surface area contributed by atoms with E-state index in [4.69, 9.17) is 20.6 Å². The van der Waals surface area contributed by atoms with Gasteiger partial charge in [-0.05, 0) is 42.5 Å². The number of piperidine rings is 1. The highest BCUT2D eigenvalue weighted by atomic mass is 16.5. The van der Waals surface area contributed by atoms with Crippen LogP contribution in [0.15, 0.2) is 24.3 Å². The number of carbonyl (C=O) groups excluding carboxylic acids is 1. The lowest BCUT2D eigenvalue weighted by Crippen LogP contribution is -2.38. The number of hydrogen-bond donors (Lipinski definition) is 0. The SMILES string of the molecule is C#CCOCC1CCN(C(=O)/C=C/c2ccc(OC)c(OC)c2)CC1. The molecule has 25 heavy (non-hydrogen) atoms. The van der Waals surface area contributed by atoms with Gasteiger partial charge < -0.3 is 19.1 Å². The molecule has 1 saturated heterocycles. The molecule has 0 atom stereocenters. The molecule has 134 valence electrons. The second-order valence-corrected chi connectivity index (χ2v) is 5.94. The van der Waals surface area contributed by atoms with E-state index in [2.05, 4.69) is 5.92 Å². The summed E-state index contributed by atoms with van der Waals surface area (Å²) in [6, 6.07) is 5.56. The van der Waals surface area contributed by atoms with Gasteiger partial charge >= 0.3 is 0 Å². The Kier molecular flexibility index (Phi) is 7.36. The molecule has 1 aromatic carbocycles. The third kappa shape index (κ3) is 5.54. The van der Waals surface area contributed by atoms with Crippen LogP contribution in [-0.2, 0) is 9.53 Å². The van der Waals surface area contributed by atoms with Crippen LogP contribution in [0.5, 0.6) is 11.5 Å². The van der Waals surface area contributed by atoms with Gasteiger partial charge in [-0.3, -0.25) is 4.79 Å². The summed E-state index contributed by atoms with van der Waals surface area (Å²) < 4.78 is 15.9.